The van der Waals surface area contributed by atoms with E-state index >= 15 is 0 Å². The van der Waals surface area contributed by atoms with Gasteiger partial charge in [-0.2, -0.15) is 5.10 Å². The largest absolute Gasteiger partial charge is 0.350 e. The van der Waals surface area contributed by atoms with Gasteiger partial charge in [-0.05, 0) is 29.3 Å². The predicted octanol–water partition coefficient (Wildman–Crippen LogP) is 4.43. The van der Waals surface area contributed by atoms with Crippen molar-refractivity contribution in [1.29, 1.82) is 0 Å². The highest BCUT2D eigenvalue weighted by atomic mass is 32.2. The Balaban J connectivity index is 1.71. The Bertz CT molecular complexity index is 1180. The van der Waals surface area contributed by atoms with Crippen LogP contribution in [0.15, 0.2) is 84.0 Å². The second-order valence-electron chi connectivity index (χ2n) is 6.31. The Morgan fingerprint density at radius 1 is 1.03 bits per heavy atom. The third-order valence-corrected chi connectivity index (χ3v) is 4.55. The van der Waals surface area contributed by atoms with Crippen LogP contribution < -0.4 is 15.5 Å². The van der Waals surface area contributed by atoms with E-state index in [1.807, 2.05) is 66.7 Å². The fourth-order valence-electron chi connectivity index (χ4n) is 3.12. The molecule has 4 rings (SSSR count). The summed E-state index contributed by atoms with van der Waals surface area (Å²) in [5.74, 6) is 0.110. The van der Waals surface area contributed by atoms with Crippen molar-refractivity contribution >= 4 is 35.3 Å². The Labute approximate surface area is 177 Å². The van der Waals surface area contributed by atoms with E-state index in [2.05, 4.69) is 15.5 Å². The van der Waals surface area contributed by atoms with Crippen molar-refractivity contribution in [3.8, 4) is 16.9 Å². The number of aromatic amines is 1. The average molecular weight is 418 g/mol. The normalized spacial score (nSPS) is 11.1. The molecular weight excluding hydrogens is 400 g/mol. The molecule has 0 aliphatic carbocycles. The van der Waals surface area contributed by atoms with Crippen LogP contribution in [0.5, 0.6) is 5.75 Å². The number of hydrogen-bond acceptors (Lipinski definition) is 6. The van der Waals surface area contributed by atoms with Gasteiger partial charge in [0.25, 0.3) is 5.91 Å². The molecule has 1 heterocycles. The molecule has 0 atom stereocenters. The number of nitrogens with zero attached hydrogens (tertiary/aromatic N) is 1. The van der Waals surface area contributed by atoms with Crippen LogP contribution in [0.1, 0.15) is 16.1 Å². The second-order valence-corrected chi connectivity index (χ2v) is 6.63. The molecule has 0 radical (unpaired) electrons. The lowest BCUT2D eigenvalue weighted by molar-refractivity contribution is -0.0775. The molecule has 4 aromatic rings. The number of hydrazone groups is 1. The van der Waals surface area contributed by atoms with E-state index in [1.54, 1.807) is 18.3 Å². The molecular formula is C22H18N4O3S. The zero-order valence-corrected chi connectivity index (χ0v) is 16.6. The number of amides is 1. The maximum Gasteiger partial charge on any atom is 0.288 e. The van der Waals surface area contributed by atoms with Crippen LogP contribution >= 0.6 is 12.2 Å². The minimum absolute atomic E-state index is 0.353. The third kappa shape index (κ3) is 4.36. The molecule has 7 nitrogen and oxygen atoms in total. The lowest BCUT2D eigenvalue weighted by Gasteiger charge is -2.05. The summed E-state index contributed by atoms with van der Waals surface area (Å²) in [6, 6.07) is 24.5. The number of nitrogens with two attached hydrogens (primary N) is 1. The van der Waals surface area contributed by atoms with Crippen LogP contribution in [0, 0.1) is 0 Å². The Morgan fingerprint density at radius 3 is 2.50 bits per heavy atom. The summed E-state index contributed by atoms with van der Waals surface area (Å²) in [7, 11) is 0. The topological polar surface area (TPSA) is 102 Å². The first kappa shape index (κ1) is 19.7. The highest BCUT2D eigenvalue weighted by Crippen LogP contribution is 2.34. The highest BCUT2D eigenvalue weighted by Gasteiger charge is 2.19. The van der Waals surface area contributed by atoms with Gasteiger partial charge in [0.1, 0.15) is 17.9 Å². The van der Waals surface area contributed by atoms with Gasteiger partial charge in [-0.25, -0.2) is 5.43 Å². The van der Waals surface area contributed by atoms with Gasteiger partial charge in [0.05, 0.1) is 6.21 Å². The molecule has 0 aliphatic rings. The van der Waals surface area contributed by atoms with E-state index < -0.39 is 0 Å². The maximum atomic E-state index is 12.9. The number of aromatic nitrogens is 1. The molecule has 30 heavy (non-hydrogen) atoms. The molecule has 4 N–H and O–H groups in total. The van der Waals surface area contributed by atoms with Gasteiger partial charge in [0, 0.05) is 16.5 Å². The van der Waals surface area contributed by atoms with Gasteiger partial charge in [-0.3, -0.25) is 9.93 Å². The molecule has 0 spiro atoms. The zero-order valence-electron chi connectivity index (χ0n) is 15.7. The van der Waals surface area contributed by atoms with Gasteiger partial charge in [-0.1, -0.05) is 65.0 Å². The number of rotatable bonds is 7. The summed E-state index contributed by atoms with van der Waals surface area (Å²) in [5.41, 5.74) is 6.27. The van der Waals surface area contributed by atoms with Crippen molar-refractivity contribution in [2.45, 2.75) is 0 Å². The minimum Gasteiger partial charge on any atom is -0.350 e. The average Bonchev–Trinajstić information content (AvgIpc) is 3.18. The fraction of sp³-hybridized carbons (Fsp3) is 0. The van der Waals surface area contributed by atoms with E-state index in [-0.39, 0.29) is 5.91 Å². The molecule has 0 saturated carbocycles. The number of nitrogens with one attached hydrogen (secondary N) is 2. The maximum absolute atomic E-state index is 12.9. The number of fused-ring (bicyclic) bond motifs is 1. The van der Waals surface area contributed by atoms with Gasteiger partial charge >= 0.3 is 0 Å². The molecule has 0 saturated heterocycles. The highest BCUT2D eigenvalue weighted by molar-refractivity contribution is 7.92. The molecule has 3 aromatic carbocycles. The fourth-order valence-corrected chi connectivity index (χ4v) is 3.24. The molecule has 1 aromatic heterocycles. The van der Waals surface area contributed by atoms with Crippen LogP contribution in [0.4, 0.5) is 0 Å². The molecule has 150 valence electrons. The van der Waals surface area contributed by atoms with Gasteiger partial charge in [0.2, 0.25) is 0 Å². The van der Waals surface area contributed by atoms with E-state index in [0.717, 1.165) is 27.6 Å². The molecule has 1 amide bonds. The number of carbonyl (C=O) groups is 1. The van der Waals surface area contributed by atoms with Crippen molar-refractivity contribution in [2.24, 2.45) is 10.2 Å². The van der Waals surface area contributed by atoms with E-state index in [9.17, 15) is 4.79 Å². The Morgan fingerprint density at radius 2 is 1.77 bits per heavy atom. The second kappa shape index (κ2) is 9.27. The van der Waals surface area contributed by atoms with Crippen LogP contribution in [-0.4, -0.2) is 17.1 Å². The first-order chi connectivity index (χ1) is 14.8. The monoisotopic (exact) mass is 418 g/mol. The first-order valence-electron chi connectivity index (χ1n) is 9.06. The summed E-state index contributed by atoms with van der Waals surface area (Å²) in [6.45, 7) is 0. The number of benzene rings is 3. The summed E-state index contributed by atoms with van der Waals surface area (Å²) < 4.78 is 4.75. The summed E-state index contributed by atoms with van der Waals surface area (Å²) >= 11 is 0.610. The van der Waals surface area contributed by atoms with E-state index in [0.29, 0.717) is 23.7 Å². The van der Waals surface area contributed by atoms with Crippen molar-refractivity contribution in [3.63, 3.8) is 0 Å². The summed E-state index contributed by atoms with van der Waals surface area (Å²) in [6.07, 6.45) is 1.59. The van der Waals surface area contributed by atoms with Crippen molar-refractivity contribution in [2.75, 3.05) is 0 Å². The summed E-state index contributed by atoms with van der Waals surface area (Å²) in [5, 5.41) is 10.1. The van der Waals surface area contributed by atoms with Crippen molar-refractivity contribution in [1.82, 2.24) is 10.4 Å². The lowest BCUT2D eigenvalue weighted by atomic mass is 10.0. The Kier molecular flexibility index (Phi) is 6.09. The molecule has 8 heteroatoms. The smallest absolute Gasteiger partial charge is 0.288 e. The molecule has 0 unspecified atom stereocenters. The van der Waals surface area contributed by atoms with Crippen LogP contribution in [0.2, 0.25) is 0 Å². The van der Waals surface area contributed by atoms with Crippen LogP contribution in [0.25, 0.3) is 22.0 Å². The van der Waals surface area contributed by atoms with Crippen LogP contribution in [0.3, 0.4) is 0 Å². The lowest BCUT2D eigenvalue weighted by Crippen LogP contribution is -2.18. The standard InChI is InChI=1S/C22H18N4O3S/c23-30-29-28-17-11-12-19-18(13-17)20(16-9-5-2-6-10-16)21(25-19)22(27)26-24-14-15-7-3-1-4-8-15/h1-14,25H,23H2,(H,26,27)/b24-14+. The number of carbonyl (C=O) groups excluding carboxylic acids is 1. The molecule has 0 bridgehead atoms. The van der Waals surface area contributed by atoms with Crippen molar-refractivity contribution < 1.29 is 14.0 Å². The predicted molar refractivity (Wildman–Crippen MR) is 119 cm³/mol. The number of hydrogen-bond donors (Lipinski definition) is 3. The number of H-pyrrole nitrogens is 1. The van der Waals surface area contributed by atoms with E-state index in [1.165, 1.54) is 0 Å². The van der Waals surface area contributed by atoms with Crippen molar-refractivity contribution in [3.05, 3.63) is 90.1 Å². The SMILES string of the molecule is NSOOc1ccc2[nH]c(C(=O)N/N=C/c3ccccc3)c(-c3ccccc3)c2c1. The minimum atomic E-state index is -0.353. The first-order valence-corrected chi connectivity index (χ1v) is 9.86. The Hall–Kier alpha value is -3.59. The molecule has 0 aliphatic heterocycles. The summed E-state index contributed by atoms with van der Waals surface area (Å²) in [4.78, 5) is 21.2. The quantitative estimate of drug-likeness (QED) is 0.135. The zero-order chi connectivity index (χ0) is 20.8. The third-order valence-electron chi connectivity index (χ3n) is 4.41. The van der Waals surface area contributed by atoms with Gasteiger partial charge < -0.3 is 9.87 Å². The molecule has 0 fully saturated rings. The van der Waals surface area contributed by atoms with Gasteiger partial charge in [0.15, 0.2) is 5.75 Å². The van der Waals surface area contributed by atoms with Gasteiger partial charge in [-0.15, -0.1) is 0 Å². The van der Waals surface area contributed by atoms with Crippen LogP contribution in [-0.2, 0) is 4.33 Å². The van der Waals surface area contributed by atoms with E-state index in [4.69, 9.17) is 14.4 Å².